The largest absolute Gasteiger partial charge is 0.279 e. The third kappa shape index (κ3) is 1.83. The van der Waals surface area contributed by atoms with Crippen LogP contribution in [0.3, 0.4) is 0 Å². The smallest absolute Gasteiger partial charge is 0.271 e. The molecule has 4 nitrogen and oxygen atoms in total. The van der Waals surface area contributed by atoms with Crippen LogP contribution in [0.15, 0.2) is 30.5 Å². The average Bonchev–Trinajstić information content (AvgIpc) is 2.93. The molecular formula is C13H11ClN2O2. The van der Waals surface area contributed by atoms with E-state index in [-0.39, 0.29) is 5.91 Å². The van der Waals surface area contributed by atoms with Crippen LogP contribution in [0.1, 0.15) is 16.8 Å². The minimum absolute atomic E-state index is 0.159. The third-order valence-electron chi connectivity index (χ3n) is 2.96. The van der Waals surface area contributed by atoms with Crippen molar-refractivity contribution in [2.75, 3.05) is 13.2 Å². The second kappa shape index (κ2) is 4.55. The van der Waals surface area contributed by atoms with Crippen molar-refractivity contribution in [2.45, 2.75) is 6.42 Å². The van der Waals surface area contributed by atoms with Gasteiger partial charge in [-0.05, 0) is 11.8 Å². The van der Waals surface area contributed by atoms with Gasteiger partial charge < -0.3 is 0 Å². The third-order valence-corrected chi connectivity index (χ3v) is 3.26. The number of hydrogen-bond acceptors (Lipinski definition) is 3. The second-order valence-electron chi connectivity index (χ2n) is 4.10. The van der Waals surface area contributed by atoms with Crippen LogP contribution in [0.25, 0.3) is 10.8 Å². The molecule has 1 aromatic carbocycles. The van der Waals surface area contributed by atoms with E-state index in [1.54, 1.807) is 0 Å². The van der Waals surface area contributed by atoms with Crippen LogP contribution in [0.2, 0.25) is 5.15 Å². The molecule has 1 aliphatic heterocycles. The number of amides is 1. The quantitative estimate of drug-likeness (QED) is 0.742. The summed E-state index contributed by atoms with van der Waals surface area (Å²) in [4.78, 5) is 21.6. The Hall–Kier alpha value is -1.65. The molecule has 0 atom stereocenters. The number of hydroxylamine groups is 2. The lowest BCUT2D eigenvalue weighted by molar-refractivity contribution is -0.0767. The van der Waals surface area contributed by atoms with Gasteiger partial charge in [0.05, 0.1) is 18.7 Å². The molecule has 3 rings (SSSR count). The number of aromatic nitrogens is 1. The SMILES string of the molecule is O=C(c1cnc(Cl)c2ccccc12)N1CCCO1. The van der Waals surface area contributed by atoms with Crippen LogP contribution in [0.4, 0.5) is 0 Å². The summed E-state index contributed by atoms with van der Waals surface area (Å²) in [5.41, 5.74) is 0.525. The topological polar surface area (TPSA) is 42.4 Å². The number of hydrogen-bond donors (Lipinski definition) is 0. The minimum atomic E-state index is -0.159. The molecule has 2 heterocycles. The summed E-state index contributed by atoms with van der Waals surface area (Å²) in [6.45, 7) is 1.21. The summed E-state index contributed by atoms with van der Waals surface area (Å²) in [6.07, 6.45) is 2.37. The predicted molar refractivity (Wildman–Crippen MR) is 68.4 cm³/mol. The molecule has 1 aliphatic rings. The summed E-state index contributed by atoms with van der Waals surface area (Å²) in [7, 11) is 0. The molecule has 0 unspecified atom stereocenters. The molecule has 1 saturated heterocycles. The van der Waals surface area contributed by atoms with Gasteiger partial charge in [0.25, 0.3) is 5.91 Å². The minimum Gasteiger partial charge on any atom is -0.271 e. The fraction of sp³-hybridized carbons (Fsp3) is 0.231. The van der Waals surface area contributed by atoms with Gasteiger partial charge in [-0.25, -0.2) is 10.0 Å². The molecule has 0 saturated carbocycles. The van der Waals surface area contributed by atoms with Gasteiger partial charge in [-0.3, -0.25) is 9.63 Å². The zero-order valence-corrected chi connectivity index (χ0v) is 10.4. The fourth-order valence-electron chi connectivity index (χ4n) is 2.07. The van der Waals surface area contributed by atoms with Crippen LogP contribution in [0, 0.1) is 0 Å². The van der Waals surface area contributed by atoms with Crippen LogP contribution in [-0.2, 0) is 4.84 Å². The van der Waals surface area contributed by atoms with Gasteiger partial charge in [-0.15, -0.1) is 0 Å². The summed E-state index contributed by atoms with van der Waals surface area (Å²) in [5, 5.41) is 3.38. The maximum absolute atomic E-state index is 12.3. The normalized spacial score (nSPS) is 15.3. The van der Waals surface area contributed by atoms with Gasteiger partial charge in [0.15, 0.2) is 0 Å². The highest BCUT2D eigenvalue weighted by Crippen LogP contribution is 2.25. The van der Waals surface area contributed by atoms with E-state index < -0.39 is 0 Å². The number of carbonyl (C=O) groups is 1. The van der Waals surface area contributed by atoms with Crippen molar-refractivity contribution < 1.29 is 9.63 Å². The predicted octanol–water partition coefficient (Wildman–Crippen LogP) is 2.67. The zero-order chi connectivity index (χ0) is 12.5. The summed E-state index contributed by atoms with van der Waals surface area (Å²) >= 11 is 6.03. The van der Waals surface area contributed by atoms with E-state index >= 15 is 0 Å². The van der Waals surface area contributed by atoms with Crippen molar-refractivity contribution in [1.29, 1.82) is 0 Å². The molecule has 5 heteroatoms. The average molecular weight is 263 g/mol. The van der Waals surface area contributed by atoms with Gasteiger partial charge in [-0.2, -0.15) is 0 Å². The van der Waals surface area contributed by atoms with Crippen molar-refractivity contribution in [3.05, 3.63) is 41.2 Å². The van der Waals surface area contributed by atoms with Crippen molar-refractivity contribution in [3.8, 4) is 0 Å². The lowest BCUT2D eigenvalue weighted by Gasteiger charge is -2.15. The molecular weight excluding hydrogens is 252 g/mol. The van der Waals surface area contributed by atoms with E-state index in [0.29, 0.717) is 23.9 Å². The van der Waals surface area contributed by atoms with Gasteiger partial charge in [0, 0.05) is 11.6 Å². The Balaban J connectivity index is 2.11. The lowest BCUT2D eigenvalue weighted by atomic mass is 10.1. The van der Waals surface area contributed by atoms with Gasteiger partial charge in [0.2, 0.25) is 0 Å². The lowest BCUT2D eigenvalue weighted by Crippen LogP contribution is -2.26. The number of benzene rings is 1. The molecule has 0 radical (unpaired) electrons. The number of carbonyl (C=O) groups excluding carboxylic acids is 1. The molecule has 0 aliphatic carbocycles. The van der Waals surface area contributed by atoms with E-state index in [1.165, 1.54) is 11.3 Å². The van der Waals surface area contributed by atoms with Crippen molar-refractivity contribution in [2.24, 2.45) is 0 Å². The van der Waals surface area contributed by atoms with E-state index in [2.05, 4.69) is 4.98 Å². The Bertz CT molecular complexity index is 609. The van der Waals surface area contributed by atoms with Gasteiger partial charge in [-0.1, -0.05) is 35.9 Å². The first kappa shape index (κ1) is 11.4. The van der Waals surface area contributed by atoms with Crippen LogP contribution in [0.5, 0.6) is 0 Å². The van der Waals surface area contributed by atoms with Crippen molar-refractivity contribution in [3.63, 3.8) is 0 Å². The first-order valence-corrected chi connectivity index (χ1v) is 6.13. The molecule has 92 valence electrons. The fourth-order valence-corrected chi connectivity index (χ4v) is 2.28. The monoisotopic (exact) mass is 262 g/mol. The maximum atomic E-state index is 12.3. The summed E-state index contributed by atoms with van der Waals surface area (Å²) in [6, 6.07) is 7.47. The van der Waals surface area contributed by atoms with E-state index in [1.807, 2.05) is 24.3 Å². The van der Waals surface area contributed by atoms with E-state index in [0.717, 1.165) is 17.2 Å². The summed E-state index contributed by atoms with van der Waals surface area (Å²) < 4.78 is 0. The molecule has 0 spiro atoms. The Labute approximate surface area is 109 Å². The Morgan fingerprint density at radius 3 is 2.83 bits per heavy atom. The van der Waals surface area contributed by atoms with Gasteiger partial charge in [0.1, 0.15) is 5.15 Å². The molecule has 18 heavy (non-hydrogen) atoms. The maximum Gasteiger partial charge on any atom is 0.279 e. The molecule has 0 N–H and O–H groups in total. The van der Waals surface area contributed by atoms with E-state index in [9.17, 15) is 4.79 Å². The highest BCUT2D eigenvalue weighted by Gasteiger charge is 2.23. The first-order valence-electron chi connectivity index (χ1n) is 5.75. The number of pyridine rings is 1. The molecule has 1 fully saturated rings. The zero-order valence-electron chi connectivity index (χ0n) is 9.60. The Morgan fingerprint density at radius 1 is 1.33 bits per heavy atom. The Kier molecular flexibility index (Phi) is 2.89. The number of rotatable bonds is 1. The number of nitrogens with zero attached hydrogens (tertiary/aromatic N) is 2. The molecule has 1 amide bonds. The van der Waals surface area contributed by atoms with Crippen molar-refractivity contribution >= 4 is 28.3 Å². The van der Waals surface area contributed by atoms with Crippen LogP contribution < -0.4 is 0 Å². The highest BCUT2D eigenvalue weighted by atomic mass is 35.5. The number of halogens is 1. The Morgan fingerprint density at radius 2 is 2.11 bits per heavy atom. The number of fused-ring (bicyclic) bond motifs is 1. The standard InChI is InChI=1S/C13H11ClN2O2/c14-12-10-5-2-1-4-9(10)11(8-15-12)13(17)16-6-3-7-18-16/h1-2,4-5,8H,3,6-7H2. The second-order valence-corrected chi connectivity index (χ2v) is 4.46. The molecule has 0 bridgehead atoms. The van der Waals surface area contributed by atoms with Crippen LogP contribution >= 0.6 is 11.6 Å². The molecule has 2 aromatic rings. The summed E-state index contributed by atoms with van der Waals surface area (Å²) in [5.74, 6) is -0.159. The van der Waals surface area contributed by atoms with Crippen molar-refractivity contribution in [1.82, 2.24) is 10.0 Å². The highest BCUT2D eigenvalue weighted by molar-refractivity contribution is 6.34. The van der Waals surface area contributed by atoms with Crippen LogP contribution in [-0.4, -0.2) is 29.1 Å². The first-order chi connectivity index (χ1) is 8.77. The molecule has 1 aromatic heterocycles. The van der Waals surface area contributed by atoms with Gasteiger partial charge >= 0.3 is 0 Å². The van der Waals surface area contributed by atoms with E-state index in [4.69, 9.17) is 16.4 Å².